The van der Waals surface area contributed by atoms with Crippen LogP contribution < -0.4 is 0 Å². The summed E-state index contributed by atoms with van der Waals surface area (Å²) in [6.07, 6.45) is 0.449. The van der Waals surface area contributed by atoms with Crippen LogP contribution in [0, 0.1) is 0 Å². The lowest BCUT2D eigenvalue weighted by Gasteiger charge is -2.29. The molecule has 4 heteroatoms. The topological polar surface area (TPSA) is 29.5 Å². The van der Waals surface area contributed by atoms with E-state index in [2.05, 4.69) is 12.1 Å². The molecule has 1 amide bonds. The van der Waals surface area contributed by atoms with Crippen LogP contribution in [0.2, 0.25) is 5.02 Å². The van der Waals surface area contributed by atoms with E-state index >= 15 is 0 Å². The molecule has 1 aliphatic rings. The summed E-state index contributed by atoms with van der Waals surface area (Å²) in [4.78, 5) is 14.6. The average Bonchev–Trinajstić information content (AvgIpc) is 2.61. The molecule has 2 aromatic rings. The normalized spacial score (nSPS) is 16.1. The van der Waals surface area contributed by atoms with Gasteiger partial charge in [-0.1, -0.05) is 54.1 Å². The number of amides is 1. The first-order valence-electron chi connectivity index (χ1n) is 7.90. The molecule has 1 saturated heterocycles. The second-order valence-electron chi connectivity index (χ2n) is 5.72. The number of hydrogen-bond donors (Lipinski definition) is 0. The Kier molecular flexibility index (Phi) is 5.31. The van der Waals surface area contributed by atoms with E-state index < -0.39 is 0 Å². The molecular formula is C19H20ClNO2. The number of rotatable bonds is 4. The molecule has 0 bridgehead atoms. The summed E-state index contributed by atoms with van der Waals surface area (Å²) in [5.41, 5.74) is 2.21. The Hall–Kier alpha value is -1.84. The number of hydrogen-bond acceptors (Lipinski definition) is 2. The third-order valence-electron chi connectivity index (χ3n) is 4.20. The molecule has 0 saturated carbocycles. The molecule has 0 aliphatic carbocycles. The lowest BCUT2D eigenvalue weighted by Crippen LogP contribution is -2.41. The number of ether oxygens (including phenoxy) is 1. The standard InChI is InChI=1S/C19H20ClNO2/c20-17-8-4-7-16(13-17)18(15-5-2-1-3-6-15)14-19(22)21-9-11-23-12-10-21/h1-8,13,18H,9-12,14H2/t18-/m0/s1. The number of benzene rings is 2. The van der Waals surface area contributed by atoms with Gasteiger partial charge in [0.15, 0.2) is 0 Å². The molecule has 0 radical (unpaired) electrons. The van der Waals surface area contributed by atoms with Crippen LogP contribution in [-0.4, -0.2) is 37.1 Å². The third kappa shape index (κ3) is 4.12. The van der Waals surface area contributed by atoms with Crippen molar-refractivity contribution in [1.82, 2.24) is 4.90 Å². The van der Waals surface area contributed by atoms with E-state index in [4.69, 9.17) is 16.3 Å². The van der Waals surface area contributed by atoms with E-state index in [0.717, 1.165) is 11.1 Å². The molecule has 2 aromatic carbocycles. The summed E-state index contributed by atoms with van der Waals surface area (Å²) in [6.45, 7) is 2.60. The van der Waals surface area contributed by atoms with Gasteiger partial charge in [-0.15, -0.1) is 0 Å². The molecule has 3 rings (SSSR count). The van der Waals surface area contributed by atoms with Gasteiger partial charge in [0, 0.05) is 30.5 Å². The van der Waals surface area contributed by atoms with Gasteiger partial charge in [-0.2, -0.15) is 0 Å². The highest BCUT2D eigenvalue weighted by atomic mass is 35.5. The molecule has 0 aromatic heterocycles. The zero-order chi connectivity index (χ0) is 16.1. The van der Waals surface area contributed by atoms with Gasteiger partial charge in [-0.05, 0) is 23.3 Å². The van der Waals surface area contributed by atoms with Crippen LogP contribution in [-0.2, 0) is 9.53 Å². The fourth-order valence-electron chi connectivity index (χ4n) is 2.95. The molecule has 3 nitrogen and oxygen atoms in total. The van der Waals surface area contributed by atoms with Crippen molar-refractivity contribution in [3.05, 3.63) is 70.7 Å². The molecule has 1 atom stereocenters. The van der Waals surface area contributed by atoms with Crippen molar-refractivity contribution >= 4 is 17.5 Å². The van der Waals surface area contributed by atoms with Gasteiger partial charge in [0.1, 0.15) is 0 Å². The summed E-state index contributed by atoms with van der Waals surface area (Å²) >= 11 is 6.15. The second kappa shape index (κ2) is 7.62. The molecule has 0 spiro atoms. The van der Waals surface area contributed by atoms with Crippen molar-refractivity contribution < 1.29 is 9.53 Å². The minimum absolute atomic E-state index is 0.0187. The lowest BCUT2D eigenvalue weighted by molar-refractivity contribution is -0.135. The van der Waals surface area contributed by atoms with Crippen LogP contribution in [0.15, 0.2) is 54.6 Å². The first-order valence-corrected chi connectivity index (χ1v) is 8.28. The SMILES string of the molecule is O=C(C[C@@H](c1ccccc1)c1cccc(Cl)c1)N1CCOCC1. The summed E-state index contributed by atoms with van der Waals surface area (Å²) in [5, 5.41) is 0.697. The quantitative estimate of drug-likeness (QED) is 0.855. The van der Waals surface area contributed by atoms with Crippen LogP contribution in [0.25, 0.3) is 0 Å². The van der Waals surface area contributed by atoms with Crippen molar-refractivity contribution in [1.29, 1.82) is 0 Å². The van der Waals surface area contributed by atoms with Crippen molar-refractivity contribution in [3.8, 4) is 0 Å². The Balaban J connectivity index is 1.85. The maximum Gasteiger partial charge on any atom is 0.223 e. The fourth-order valence-corrected chi connectivity index (χ4v) is 3.15. The number of nitrogens with zero attached hydrogens (tertiary/aromatic N) is 1. The second-order valence-corrected chi connectivity index (χ2v) is 6.15. The molecule has 1 heterocycles. The van der Waals surface area contributed by atoms with Crippen LogP contribution in [0.3, 0.4) is 0 Å². The zero-order valence-corrected chi connectivity index (χ0v) is 13.7. The average molecular weight is 330 g/mol. The number of carbonyl (C=O) groups is 1. The predicted molar refractivity (Wildman–Crippen MR) is 91.8 cm³/mol. The van der Waals surface area contributed by atoms with Gasteiger partial charge in [-0.25, -0.2) is 0 Å². The molecule has 1 aliphatic heterocycles. The summed E-state index contributed by atoms with van der Waals surface area (Å²) in [5.74, 6) is 0.187. The summed E-state index contributed by atoms with van der Waals surface area (Å²) in [7, 11) is 0. The number of halogens is 1. The Morgan fingerprint density at radius 2 is 1.74 bits per heavy atom. The van der Waals surface area contributed by atoms with E-state index in [1.54, 1.807) is 0 Å². The fraction of sp³-hybridized carbons (Fsp3) is 0.316. The molecule has 1 fully saturated rings. The Bertz CT molecular complexity index is 653. The van der Waals surface area contributed by atoms with E-state index in [9.17, 15) is 4.79 Å². The molecule has 23 heavy (non-hydrogen) atoms. The first kappa shape index (κ1) is 16.0. The maximum atomic E-state index is 12.7. The highest BCUT2D eigenvalue weighted by Crippen LogP contribution is 2.30. The highest BCUT2D eigenvalue weighted by molar-refractivity contribution is 6.30. The minimum Gasteiger partial charge on any atom is -0.378 e. The summed E-state index contributed by atoms with van der Waals surface area (Å²) < 4.78 is 5.33. The monoisotopic (exact) mass is 329 g/mol. The molecule has 120 valence electrons. The van der Waals surface area contributed by atoms with E-state index in [1.165, 1.54) is 0 Å². The Morgan fingerprint density at radius 3 is 2.43 bits per heavy atom. The van der Waals surface area contributed by atoms with Crippen LogP contribution in [0.5, 0.6) is 0 Å². The Morgan fingerprint density at radius 1 is 1.04 bits per heavy atom. The predicted octanol–water partition coefficient (Wildman–Crippen LogP) is 3.72. The minimum atomic E-state index is 0.0187. The lowest BCUT2D eigenvalue weighted by atomic mass is 9.88. The van der Waals surface area contributed by atoms with Crippen molar-refractivity contribution in [2.45, 2.75) is 12.3 Å². The van der Waals surface area contributed by atoms with Crippen LogP contribution in [0.4, 0.5) is 0 Å². The maximum absolute atomic E-state index is 12.7. The van der Waals surface area contributed by atoms with Gasteiger partial charge < -0.3 is 9.64 Å². The first-order chi connectivity index (χ1) is 11.2. The van der Waals surface area contributed by atoms with Gasteiger partial charge in [0.05, 0.1) is 13.2 Å². The van der Waals surface area contributed by atoms with Gasteiger partial charge >= 0.3 is 0 Å². The number of carbonyl (C=O) groups excluding carboxylic acids is 1. The van der Waals surface area contributed by atoms with Crippen LogP contribution in [0.1, 0.15) is 23.5 Å². The number of morpholine rings is 1. The molecule has 0 N–H and O–H groups in total. The molecule has 0 unspecified atom stereocenters. The Labute approximate surface area is 141 Å². The van der Waals surface area contributed by atoms with Gasteiger partial charge in [0.2, 0.25) is 5.91 Å². The van der Waals surface area contributed by atoms with Crippen molar-refractivity contribution in [2.24, 2.45) is 0 Å². The third-order valence-corrected chi connectivity index (χ3v) is 4.43. The summed E-state index contributed by atoms with van der Waals surface area (Å²) in [6, 6.07) is 17.9. The van der Waals surface area contributed by atoms with Gasteiger partial charge in [-0.3, -0.25) is 4.79 Å². The van der Waals surface area contributed by atoms with E-state index in [1.807, 2.05) is 47.4 Å². The van der Waals surface area contributed by atoms with E-state index in [-0.39, 0.29) is 11.8 Å². The smallest absolute Gasteiger partial charge is 0.223 e. The van der Waals surface area contributed by atoms with E-state index in [0.29, 0.717) is 37.7 Å². The zero-order valence-electron chi connectivity index (χ0n) is 13.0. The van der Waals surface area contributed by atoms with Crippen molar-refractivity contribution in [2.75, 3.05) is 26.3 Å². The largest absolute Gasteiger partial charge is 0.378 e. The van der Waals surface area contributed by atoms with Gasteiger partial charge in [0.25, 0.3) is 0 Å². The van der Waals surface area contributed by atoms with Crippen LogP contribution >= 0.6 is 11.6 Å². The van der Waals surface area contributed by atoms with Crippen molar-refractivity contribution in [3.63, 3.8) is 0 Å². The molecular weight excluding hydrogens is 310 g/mol. The highest BCUT2D eigenvalue weighted by Gasteiger charge is 2.23.